The number of methoxy groups -OCH3 is 1. The fraction of sp³-hybridized carbons (Fsp3) is 0.455. The van der Waals surface area contributed by atoms with Crippen molar-refractivity contribution in [3.8, 4) is 0 Å². The lowest BCUT2D eigenvalue weighted by Gasteiger charge is -2.01. The van der Waals surface area contributed by atoms with Gasteiger partial charge in [-0.15, -0.1) is 11.3 Å². The average Bonchev–Trinajstić information content (AvgIpc) is 2.85. The summed E-state index contributed by atoms with van der Waals surface area (Å²) >= 11 is 1.53. The highest BCUT2D eigenvalue weighted by molar-refractivity contribution is 7.14. The number of rotatable bonds is 3. The van der Waals surface area contributed by atoms with Gasteiger partial charge in [0, 0.05) is 4.88 Å². The van der Waals surface area contributed by atoms with E-state index in [1.807, 2.05) is 6.07 Å². The molecule has 0 aromatic carbocycles. The number of ether oxygens (including phenoxy) is 1. The van der Waals surface area contributed by atoms with E-state index in [9.17, 15) is 9.59 Å². The zero-order chi connectivity index (χ0) is 11.5. The Balaban J connectivity index is 1.96. The summed E-state index contributed by atoms with van der Waals surface area (Å²) in [7, 11) is 1.30. The molecule has 5 heteroatoms. The Hall–Kier alpha value is -1.36. The molecule has 2 rings (SSSR count). The van der Waals surface area contributed by atoms with Crippen molar-refractivity contribution in [2.45, 2.75) is 19.3 Å². The molecule has 1 aliphatic carbocycles. The zero-order valence-corrected chi connectivity index (χ0v) is 9.86. The molecule has 1 N–H and O–H groups in total. The van der Waals surface area contributed by atoms with Gasteiger partial charge in [0.1, 0.15) is 6.54 Å². The predicted octanol–water partition coefficient (Wildman–Crippen LogP) is 1.14. The first-order chi connectivity index (χ1) is 7.70. The number of carbonyl (C=O) groups excluding carboxylic acids is 2. The second-order valence-electron chi connectivity index (χ2n) is 3.67. The third kappa shape index (κ3) is 2.24. The Morgan fingerprint density at radius 1 is 1.50 bits per heavy atom. The predicted molar refractivity (Wildman–Crippen MR) is 60.7 cm³/mol. The van der Waals surface area contributed by atoms with Crippen molar-refractivity contribution >= 4 is 23.2 Å². The van der Waals surface area contributed by atoms with E-state index in [1.54, 1.807) is 0 Å². The SMILES string of the molecule is COC(=O)CNC(=O)c1cc2c(s1)CCC2. The third-order valence-electron chi connectivity index (χ3n) is 2.59. The van der Waals surface area contributed by atoms with Gasteiger partial charge in [-0.3, -0.25) is 9.59 Å². The van der Waals surface area contributed by atoms with Crippen LogP contribution in [-0.2, 0) is 22.4 Å². The van der Waals surface area contributed by atoms with Gasteiger partial charge in [0.15, 0.2) is 0 Å². The van der Waals surface area contributed by atoms with Crippen molar-refractivity contribution in [2.75, 3.05) is 13.7 Å². The minimum absolute atomic E-state index is 0.0715. The van der Waals surface area contributed by atoms with Crippen LogP contribution in [0.25, 0.3) is 0 Å². The quantitative estimate of drug-likeness (QED) is 0.805. The van der Waals surface area contributed by atoms with Crippen molar-refractivity contribution in [1.29, 1.82) is 0 Å². The fourth-order valence-corrected chi connectivity index (χ4v) is 2.92. The van der Waals surface area contributed by atoms with E-state index < -0.39 is 5.97 Å². The van der Waals surface area contributed by atoms with Crippen molar-refractivity contribution in [1.82, 2.24) is 5.32 Å². The molecule has 16 heavy (non-hydrogen) atoms. The average molecular weight is 239 g/mol. The number of esters is 1. The molecule has 0 aliphatic heterocycles. The first-order valence-electron chi connectivity index (χ1n) is 5.17. The smallest absolute Gasteiger partial charge is 0.325 e. The molecule has 1 aliphatic rings. The summed E-state index contributed by atoms with van der Waals surface area (Å²) < 4.78 is 4.45. The normalized spacial score (nSPS) is 13.3. The first kappa shape index (κ1) is 11.1. The molecule has 0 atom stereocenters. The van der Waals surface area contributed by atoms with E-state index in [1.165, 1.54) is 35.3 Å². The zero-order valence-electron chi connectivity index (χ0n) is 9.04. The van der Waals surface area contributed by atoms with Gasteiger partial charge in [0.2, 0.25) is 0 Å². The molecule has 1 aromatic heterocycles. The number of hydrogen-bond donors (Lipinski definition) is 1. The summed E-state index contributed by atoms with van der Waals surface area (Å²) in [5, 5.41) is 2.54. The number of carbonyl (C=O) groups is 2. The van der Waals surface area contributed by atoms with Crippen molar-refractivity contribution in [3.63, 3.8) is 0 Å². The van der Waals surface area contributed by atoms with E-state index in [-0.39, 0.29) is 12.5 Å². The summed E-state index contributed by atoms with van der Waals surface area (Å²) in [4.78, 5) is 24.5. The van der Waals surface area contributed by atoms with Crippen molar-refractivity contribution < 1.29 is 14.3 Å². The largest absolute Gasteiger partial charge is 0.468 e. The Kier molecular flexibility index (Phi) is 3.24. The molecule has 0 radical (unpaired) electrons. The number of fused-ring (bicyclic) bond motifs is 1. The summed E-state index contributed by atoms with van der Waals surface area (Å²) in [6.45, 7) is -0.0715. The van der Waals surface area contributed by atoms with Gasteiger partial charge in [0.25, 0.3) is 5.91 Å². The number of hydrogen-bond acceptors (Lipinski definition) is 4. The summed E-state index contributed by atoms with van der Waals surface area (Å²) in [6, 6.07) is 1.93. The lowest BCUT2D eigenvalue weighted by Crippen LogP contribution is -2.29. The summed E-state index contributed by atoms with van der Waals surface area (Å²) in [6.07, 6.45) is 3.33. The molecular formula is C11H13NO3S. The number of nitrogens with one attached hydrogen (secondary N) is 1. The van der Waals surface area contributed by atoms with Gasteiger partial charge in [-0.1, -0.05) is 0 Å². The molecule has 86 valence electrons. The number of thiophene rings is 1. The van der Waals surface area contributed by atoms with Gasteiger partial charge < -0.3 is 10.1 Å². The highest BCUT2D eigenvalue weighted by Gasteiger charge is 2.18. The first-order valence-corrected chi connectivity index (χ1v) is 5.99. The second-order valence-corrected chi connectivity index (χ2v) is 4.81. The molecule has 1 aromatic rings. The Morgan fingerprint density at radius 2 is 2.31 bits per heavy atom. The molecule has 4 nitrogen and oxygen atoms in total. The van der Waals surface area contributed by atoms with Crippen LogP contribution in [0.15, 0.2) is 6.07 Å². The highest BCUT2D eigenvalue weighted by atomic mass is 32.1. The lowest BCUT2D eigenvalue weighted by molar-refractivity contribution is -0.139. The van der Waals surface area contributed by atoms with Crippen LogP contribution in [-0.4, -0.2) is 25.5 Å². The molecule has 0 bridgehead atoms. The van der Waals surface area contributed by atoms with E-state index in [0.717, 1.165) is 12.8 Å². The maximum atomic E-state index is 11.7. The van der Waals surface area contributed by atoms with Crippen LogP contribution in [0.5, 0.6) is 0 Å². The Labute approximate surface area is 97.6 Å². The van der Waals surface area contributed by atoms with Crippen LogP contribution in [0, 0.1) is 0 Å². The minimum Gasteiger partial charge on any atom is -0.468 e. The van der Waals surface area contributed by atoms with Crippen LogP contribution in [0.3, 0.4) is 0 Å². The maximum Gasteiger partial charge on any atom is 0.325 e. The standard InChI is InChI=1S/C11H13NO3S/c1-15-10(13)6-12-11(14)9-5-7-3-2-4-8(7)16-9/h5H,2-4,6H2,1H3,(H,12,14). The lowest BCUT2D eigenvalue weighted by atomic mass is 10.2. The molecule has 0 saturated heterocycles. The molecule has 1 heterocycles. The summed E-state index contributed by atoms with van der Waals surface area (Å²) in [5.41, 5.74) is 1.29. The van der Waals surface area contributed by atoms with E-state index in [0.29, 0.717) is 4.88 Å². The van der Waals surface area contributed by atoms with Crippen molar-refractivity contribution in [3.05, 3.63) is 21.4 Å². The Morgan fingerprint density at radius 3 is 3.00 bits per heavy atom. The van der Waals surface area contributed by atoms with Crippen LogP contribution < -0.4 is 5.32 Å². The van der Waals surface area contributed by atoms with Gasteiger partial charge in [-0.2, -0.15) is 0 Å². The van der Waals surface area contributed by atoms with Crippen LogP contribution >= 0.6 is 11.3 Å². The highest BCUT2D eigenvalue weighted by Crippen LogP contribution is 2.30. The summed E-state index contributed by atoms with van der Waals surface area (Å²) in [5.74, 6) is -0.623. The van der Waals surface area contributed by atoms with Crippen LogP contribution in [0.1, 0.15) is 26.5 Å². The molecule has 0 unspecified atom stereocenters. The monoisotopic (exact) mass is 239 g/mol. The maximum absolute atomic E-state index is 11.7. The van der Waals surface area contributed by atoms with Crippen LogP contribution in [0.2, 0.25) is 0 Å². The molecule has 0 saturated carbocycles. The van der Waals surface area contributed by atoms with Gasteiger partial charge in [-0.25, -0.2) is 0 Å². The Bertz CT molecular complexity index is 403. The van der Waals surface area contributed by atoms with Crippen LogP contribution in [0.4, 0.5) is 0 Å². The third-order valence-corrected chi connectivity index (χ3v) is 3.83. The van der Waals surface area contributed by atoms with Gasteiger partial charge in [0.05, 0.1) is 12.0 Å². The molecule has 0 spiro atoms. The fourth-order valence-electron chi connectivity index (χ4n) is 1.75. The van der Waals surface area contributed by atoms with Crippen molar-refractivity contribution in [2.24, 2.45) is 0 Å². The number of amides is 1. The molecule has 0 fully saturated rings. The van der Waals surface area contributed by atoms with E-state index >= 15 is 0 Å². The number of aryl methyl sites for hydroxylation is 2. The van der Waals surface area contributed by atoms with E-state index in [2.05, 4.69) is 10.1 Å². The minimum atomic E-state index is -0.433. The van der Waals surface area contributed by atoms with Gasteiger partial charge >= 0.3 is 5.97 Å². The molecular weight excluding hydrogens is 226 g/mol. The topological polar surface area (TPSA) is 55.4 Å². The van der Waals surface area contributed by atoms with E-state index in [4.69, 9.17) is 0 Å². The van der Waals surface area contributed by atoms with Gasteiger partial charge in [-0.05, 0) is 30.9 Å². The molecule has 1 amide bonds. The second kappa shape index (κ2) is 4.65.